The molecule has 0 aliphatic carbocycles. The minimum Gasteiger partial charge on any atom is -0.394 e. The smallest absolute Gasteiger partial charge is 0.394 e. The van der Waals surface area contributed by atoms with Gasteiger partial charge >= 0.3 is 6.18 Å². The van der Waals surface area contributed by atoms with Crippen LogP contribution in [0.1, 0.15) is 37.6 Å². The van der Waals surface area contributed by atoms with E-state index in [1.165, 1.54) is 4.57 Å². The van der Waals surface area contributed by atoms with E-state index < -0.39 is 11.9 Å². The van der Waals surface area contributed by atoms with Gasteiger partial charge in [-0.2, -0.15) is 23.4 Å². The van der Waals surface area contributed by atoms with Crippen LogP contribution in [0.15, 0.2) is 42.7 Å². The van der Waals surface area contributed by atoms with Crippen LogP contribution in [-0.4, -0.2) is 47.4 Å². The molecule has 0 spiro atoms. The number of hydrogen-bond acceptors (Lipinski definition) is 5. The maximum Gasteiger partial charge on any atom is 0.434 e. The van der Waals surface area contributed by atoms with E-state index in [0.717, 1.165) is 37.1 Å². The summed E-state index contributed by atoms with van der Waals surface area (Å²) in [5, 5.41) is 19.1. The van der Waals surface area contributed by atoms with E-state index in [0.29, 0.717) is 40.9 Å². The second-order valence-corrected chi connectivity index (χ2v) is 9.54. The first-order chi connectivity index (χ1) is 17.7. The van der Waals surface area contributed by atoms with Gasteiger partial charge in [0, 0.05) is 44.0 Å². The molecule has 0 amide bonds. The van der Waals surface area contributed by atoms with Gasteiger partial charge in [0.15, 0.2) is 5.69 Å². The summed E-state index contributed by atoms with van der Waals surface area (Å²) in [6.07, 6.45) is -0.957. The molecule has 1 atom stereocenters. The van der Waals surface area contributed by atoms with Crippen molar-refractivity contribution in [2.45, 2.75) is 52.1 Å². The van der Waals surface area contributed by atoms with Crippen LogP contribution in [0, 0.1) is 0 Å². The van der Waals surface area contributed by atoms with Crippen LogP contribution >= 0.6 is 11.6 Å². The molecule has 0 saturated heterocycles. The van der Waals surface area contributed by atoms with Gasteiger partial charge < -0.3 is 14.6 Å². The van der Waals surface area contributed by atoms with Gasteiger partial charge in [0.1, 0.15) is 23.0 Å². The lowest BCUT2D eigenvalue weighted by atomic mass is 10.1. The summed E-state index contributed by atoms with van der Waals surface area (Å²) in [5.41, 5.74) is 2.11. The van der Waals surface area contributed by atoms with Crippen molar-refractivity contribution >= 4 is 17.4 Å². The number of hydrogen-bond donors (Lipinski definition) is 1. The molecule has 4 aromatic rings. The zero-order chi connectivity index (χ0) is 26.3. The quantitative estimate of drug-likeness (QED) is 0.350. The summed E-state index contributed by atoms with van der Waals surface area (Å²) >= 11 is 6.43. The first-order valence-electron chi connectivity index (χ1n) is 12.1. The monoisotopic (exact) mass is 533 g/mol. The van der Waals surface area contributed by atoms with E-state index >= 15 is 0 Å². The van der Waals surface area contributed by atoms with Crippen molar-refractivity contribution < 1.29 is 18.3 Å². The van der Waals surface area contributed by atoms with Gasteiger partial charge in [0.25, 0.3) is 0 Å². The molecule has 1 aliphatic heterocycles. The molecule has 12 heteroatoms. The standard InChI is InChI=1S/C25H27ClF3N7O/c1-3-33-14-21(25(27,28)29)31-24(33)18-7-5-17(6-8-18)13-34-9-4-10-35-22(34)11-20(32-35)23-19(26)12-30-36(23)16(2)15-37/h5-8,11-12,14,16,37H,3-4,9-10,13,15H2,1-2H3. The van der Waals surface area contributed by atoms with Gasteiger partial charge in [-0.25, -0.2) is 9.67 Å². The van der Waals surface area contributed by atoms with E-state index in [4.69, 9.17) is 16.7 Å². The third-order valence-electron chi connectivity index (χ3n) is 6.55. The zero-order valence-corrected chi connectivity index (χ0v) is 21.2. The van der Waals surface area contributed by atoms with Crippen LogP contribution in [-0.2, 0) is 25.8 Å². The summed E-state index contributed by atoms with van der Waals surface area (Å²) in [6.45, 7) is 6.18. The molecule has 3 aromatic heterocycles. The van der Waals surface area contributed by atoms with Crippen molar-refractivity contribution in [2.75, 3.05) is 18.1 Å². The Kier molecular flexibility index (Phi) is 6.76. The Morgan fingerprint density at radius 2 is 1.92 bits per heavy atom. The summed E-state index contributed by atoms with van der Waals surface area (Å²) in [7, 11) is 0. The van der Waals surface area contributed by atoms with Crippen LogP contribution in [0.5, 0.6) is 0 Å². The fraction of sp³-hybridized carbons (Fsp3) is 0.400. The molecule has 0 fully saturated rings. The highest BCUT2D eigenvalue weighted by Gasteiger charge is 2.34. The molecule has 5 rings (SSSR count). The molecule has 0 radical (unpaired) electrons. The number of aliphatic hydroxyl groups is 1. The van der Waals surface area contributed by atoms with Crippen LogP contribution in [0.3, 0.4) is 0 Å². The van der Waals surface area contributed by atoms with Crippen LogP contribution in [0.2, 0.25) is 5.02 Å². The molecule has 0 bridgehead atoms. The van der Waals surface area contributed by atoms with E-state index in [1.54, 1.807) is 17.8 Å². The minimum absolute atomic E-state index is 0.0727. The van der Waals surface area contributed by atoms with Crippen molar-refractivity contribution in [1.29, 1.82) is 0 Å². The summed E-state index contributed by atoms with van der Waals surface area (Å²) in [4.78, 5) is 6.06. The van der Waals surface area contributed by atoms with Crippen LogP contribution in [0.4, 0.5) is 19.0 Å². The molecule has 1 unspecified atom stereocenters. The Balaban J connectivity index is 1.39. The Morgan fingerprint density at radius 1 is 1.16 bits per heavy atom. The second-order valence-electron chi connectivity index (χ2n) is 9.13. The van der Waals surface area contributed by atoms with Gasteiger partial charge in [0.05, 0.1) is 23.9 Å². The predicted octanol–water partition coefficient (Wildman–Crippen LogP) is 5.27. The van der Waals surface area contributed by atoms with E-state index in [2.05, 4.69) is 15.0 Å². The normalized spacial score (nSPS) is 14.7. The number of aryl methyl sites for hydroxylation is 2. The van der Waals surface area contributed by atoms with E-state index in [9.17, 15) is 18.3 Å². The highest BCUT2D eigenvalue weighted by Crippen LogP contribution is 2.34. The van der Waals surface area contributed by atoms with Crippen molar-refractivity contribution in [3.05, 3.63) is 59.0 Å². The number of fused-ring (bicyclic) bond motifs is 1. The lowest BCUT2D eigenvalue weighted by Crippen LogP contribution is -2.31. The van der Waals surface area contributed by atoms with Crippen molar-refractivity contribution in [3.8, 4) is 22.8 Å². The fourth-order valence-corrected chi connectivity index (χ4v) is 4.85. The van der Waals surface area contributed by atoms with Crippen molar-refractivity contribution in [2.24, 2.45) is 0 Å². The van der Waals surface area contributed by atoms with Crippen LogP contribution < -0.4 is 4.90 Å². The van der Waals surface area contributed by atoms with Gasteiger partial charge in [-0.1, -0.05) is 35.9 Å². The molecule has 1 N–H and O–H groups in total. The molecule has 37 heavy (non-hydrogen) atoms. The number of alkyl halides is 3. The summed E-state index contributed by atoms with van der Waals surface area (Å²) in [5.74, 6) is 1.25. The third-order valence-corrected chi connectivity index (χ3v) is 6.83. The largest absolute Gasteiger partial charge is 0.434 e. The Hall–Kier alpha value is -3.31. The second kappa shape index (κ2) is 9.86. The Morgan fingerprint density at radius 3 is 2.59 bits per heavy atom. The first kappa shape index (κ1) is 25.3. The molecule has 196 valence electrons. The molecule has 8 nitrogen and oxygen atoms in total. The number of aliphatic hydroxyl groups excluding tert-OH is 1. The topological polar surface area (TPSA) is 76.9 Å². The minimum atomic E-state index is -4.48. The third kappa shape index (κ3) is 4.85. The Bertz CT molecular complexity index is 1390. The number of imidazole rings is 1. The average molecular weight is 534 g/mol. The van der Waals surface area contributed by atoms with E-state index in [1.807, 2.05) is 41.9 Å². The van der Waals surface area contributed by atoms with Crippen molar-refractivity contribution in [1.82, 2.24) is 29.1 Å². The molecular weight excluding hydrogens is 507 g/mol. The maximum atomic E-state index is 13.2. The van der Waals surface area contributed by atoms with Gasteiger partial charge in [-0.3, -0.25) is 4.68 Å². The lowest BCUT2D eigenvalue weighted by Gasteiger charge is -2.29. The molecule has 0 saturated carbocycles. The van der Waals surface area contributed by atoms with Gasteiger partial charge in [0.2, 0.25) is 0 Å². The number of rotatable bonds is 7. The average Bonchev–Trinajstić information content (AvgIpc) is 3.60. The number of halogens is 4. The highest BCUT2D eigenvalue weighted by atomic mass is 35.5. The van der Waals surface area contributed by atoms with E-state index in [-0.39, 0.29) is 12.6 Å². The van der Waals surface area contributed by atoms with Crippen molar-refractivity contribution in [3.63, 3.8) is 0 Å². The lowest BCUT2D eigenvalue weighted by molar-refractivity contribution is -0.140. The maximum absolute atomic E-state index is 13.2. The number of aromatic nitrogens is 6. The molecule has 1 aromatic carbocycles. The fourth-order valence-electron chi connectivity index (χ4n) is 4.62. The van der Waals surface area contributed by atoms with Gasteiger partial charge in [-0.05, 0) is 25.8 Å². The number of anilines is 1. The molecule has 1 aliphatic rings. The van der Waals surface area contributed by atoms with Crippen LogP contribution in [0.25, 0.3) is 22.8 Å². The highest BCUT2D eigenvalue weighted by molar-refractivity contribution is 6.32. The molecule has 4 heterocycles. The Labute approximate surface area is 216 Å². The first-order valence-corrected chi connectivity index (χ1v) is 12.5. The number of benzene rings is 1. The predicted molar refractivity (Wildman–Crippen MR) is 134 cm³/mol. The van der Waals surface area contributed by atoms with Gasteiger partial charge in [-0.15, -0.1) is 0 Å². The molecular formula is C25H27ClF3N7O. The summed E-state index contributed by atoms with van der Waals surface area (Å²) < 4.78 is 44.6. The zero-order valence-electron chi connectivity index (χ0n) is 20.5. The number of nitrogens with zero attached hydrogens (tertiary/aromatic N) is 7. The SMILES string of the molecule is CCn1cc(C(F)(F)F)nc1-c1ccc(CN2CCCn3nc(-c4c(Cl)cnn4C(C)CO)cc32)cc1. The summed E-state index contributed by atoms with van der Waals surface area (Å²) in [6, 6.07) is 9.20.